The van der Waals surface area contributed by atoms with E-state index in [0.717, 1.165) is 4.90 Å². The van der Waals surface area contributed by atoms with Crippen molar-refractivity contribution in [3.8, 4) is 0 Å². The summed E-state index contributed by atoms with van der Waals surface area (Å²) in [5.74, 6) is -1.85. The van der Waals surface area contributed by atoms with Gasteiger partial charge in [-0.2, -0.15) is 0 Å². The van der Waals surface area contributed by atoms with E-state index in [0.29, 0.717) is 0 Å². The zero-order valence-corrected chi connectivity index (χ0v) is 7.73. The molecular weight excluding hydrogens is 190 g/mol. The number of hydrogen-bond donors (Lipinski definition) is 1. The average molecular weight is 201 g/mol. The van der Waals surface area contributed by atoms with Gasteiger partial charge in [0.15, 0.2) is 6.10 Å². The van der Waals surface area contributed by atoms with Gasteiger partial charge in [0.25, 0.3) is 0 Å². The second-order valence-corrected chi connectivity index (χ2v) is 2.96. The maximum atomic E-state index is 11.1. The molecule has 1 aliphatic rings. The molecule has 6 heteroatoms. The van der Waals surface area contributed by atoms with Gasteiger partial charge in [0.05, 0.1) is 6.54 Å². The number of imide groups is 1. The molecule has 0 radical (unpaired) electrons. The Balaban J connectivity index is 2.61. The van der Waals surface area contributed by atoms with E-state index in [1.54, 1.807) is 0 Å². The van der Waals surface area contributed by atoms with Crippen molar-refractivity contribution in [3.63, 3.8) is 0 Å². The average Bonchev–Trinajstić information content (AvgIpc) is 2.43. The molecule has 2 amide bonds. The van der Waals surface area contributed by atoms with Crippen molar-refractivity contribution in [2.24, 2.45) is 0 Å². The molecule has 1 heterocycles. The molecular formula is C8H11NO5. The summed E-state index contributed by atoms with van der Waals surface area (Å²) in [7, 11) is 1.23. The number of carboxylic acids is 1. The number of methoxy groups -OCH3 is 1. The predicted octanol–water partition coefficient (Wildman–Crippen LogP) is -0.765. The smallest absolute Gasteiger partial charge is 0.334 e. The van der Waals surface area contributed by atoms with E-state index >= 15 is 0 Å². The van der Waals surface area contributed by atoms with Crippen LogP contribution in [-0.4, -0.2) is 47.5 Å². The largest absolute Gasteiger partial charge is 0.479 e. The van der Waals surface area contributed by atoms with Gasteiger partial charge in [0, 0.05) is 20.0 Å². The third-order valence-electron chi connectivity index (χ3n) is 2.06. The third-order valence-corrected chi connectivity index (χ3v) is 2.06. The highest BCUT2D eigenvalue weighted by Crippen LogP contribution is 2.12. The lowest BCUT2D eigenvalue weighted by atomic mass is 10.3. The maximum absolute atomic E-state index is 11.1. The van der Waals surface area contributed by atoms with Gasteiger partial charge < -0.3 is 9.84 Å². The molecule has 0 spiro atoms. The number of aliphatic carboxylic acids is 1. The van der Waals surface area contributed by atoms with Crippen molar-refractivity contribution < 1.29 is 24.2 Å². The molecule has 1 aliphatic heterocycles. The first-order valence-electron chi connectivity index (χ1n) is 4.15. The summed E-state index contributed by atoms with van der Waals surface area (Å²) in [6.45, 7) is -0.205. The highest BCUT2D eigenvalue weighted by molar-refractivity contribution is 6.02. The topological polar surface area (TPSA) is 83.9 Å². The minimum absolute atomic E-state index is 0.162. The fourth-order valence-corrected chi connectivity index (χ4v) is 1.25. The Bertz CT molecular complexity index is 259. The fourth-order valence-electron chi connectivity index (χ4n) is 1.25. The van der Waals surface area contributed by atoms with Crippen LogP contribution in [0.3, 0.4) is 0 Å². The number of carbonyl (C=O) groups is 3. The van der Waals surface area contributed by atoms with Crippen molar-refractivity contribution in [3.05, 3.63) is 0 Å². The molecule has 1 saturated heterocycles. The number of hydrogen-bond acceptors (Lipinski definition) is 4. The number of rotatable bonds is 4. The summed E-state index contributed by atoms with van der Waals surface area (Å²) in [6.07, 6.45) is -0.815. The first kappa shape index (κ1) is 10.6. The standard InChI is InChI=1S/C8H11NO5/c1-14-5(8(12)13)4-9-6(10)2-3-7(9)11/h5H,2-4H2,1H3,(H,12,13). The van der Waals surface area contributed by atoms with Gasteiger partial charge in [0.1, 0.15) is 0 Å². The Morgan fingerprint density at radius 2 is 2.00 bits per heavy atom. The molecule has 6 nitrogen and oxygen atoms in total. The van der Waals surface area contributed by atoms with Crippen molar-refractivity contribution in [2.45, 2.75) is 18.9 Å². The number of amides is 2. The molecule has 78 valence electrons. The van der Waals surface area contributed by atoms with E-state index in [9.17, 15) is 14.4 Å². The van der Waals surface area contributed by atoms with E-state index in [1.165, 1.54) is 7.11 Å². The quantitative estimate of drug-likeness (QED) is 0.604. The second kappa shape index (κ2) is 4.19. The Labute approximate surface area is 80.4 Å². The summed E-state index contributed by atoms with van der Waals surface area (Å²) < 4.78 is 4.62. The molecule has 0 saturated carbocycles. The zero-order valence-electron chi connectivity index (χ0n) is 7.73. The van der Waals surface area contributed by atoms with Gasteiger partial charge >= 0.3 is 5.97 Å². The summed E-state index contributed by atoms with van der Waals surface area (Å²) in [5, 5.41) is 8.63. The lowest BCUT2D eigenvalue weighted by Crippen LogP contribution is -2.40. The highest BCUT2D eigenvalue weighted by atomic mass is 16.5. The molecule has 1 unspecified atom stereocenters. The van der Waals surface area contributed by atoms with Crippen molar-refractivity contribution in [1.29, 1.82) is 0 Å². The summed E-state index contributed by atoms with van der Waals surface area (Å²) >= 11 is 0. The van der Waals surface area contributed by atoms with Crippen LogP contribution in [0.4, 0.5) is 0 Å². The van der Waals surface area contributed by atoms with Crippen LogP contribution in [-0.2, 0) is 19.1 Å². The molecule has 14 heavy (non-hydrogen) atoms. The van der Waals surface area contributed by atoms with Crippen LogP contribution < -0.4 is 0 Å². The molecule has 0 bridgehead atoms. The Hall–Kier alpha value is -1.43. The summed E-state index contributed by atoms with van der Waals surface area (Å²) in [6, 6.07) is 0. The van der Waals surface area contributed by atoms with Gasteiger partial charge in [-0.1, -0.05) is 0 Å². The Kier molecular flexibility index (Phi) is 3.19. The van der Waals surface area contributed by atoms with E-state index in [2.05, 4.69) is 4.74 Å². The van der Waals surface area contributed by atoms with Crippen molar-refractivity contribution >= 4 is 17.8 Å². The van der Waals surface area contributed by atoms with E-state index < -0.39 is 12.1 Å². The summed E-state index contributed by atoms with van der Waals surface area (Å²) in [4.78, 5) is 33.7. The highest BCUT2D eigenvalue weighted by Gasteiger charge is 2.32. The van der Waals surface area contributed by atoms with Crippen molar-refractivity contribution in [1.82, 2.24) is 4.90 Å². The number of likely N-dealkylation sites (tertiary alicyclic amines) is 1. The minimum atomic E-state index is -1.18. The first-order valence-corrected chi connectivity index (χ1v) is 4.15. The lowest BCUT2D eigenvalue weighted by Gasteiger charge is -2.17. The van der Waals surface area contributed by atoms with Gasteiger partial charge in [0.2, 0.25) is 11.8 Å². The van der Waals surface area contributed by atoms with Gasteiger partial charge in [-0.3, -0.25) is 14.5 Å². The van der Waals surface area contributed by atoms with Crippen LogP contribution in [0, 0.1) is 0 Å². The summed E-state index contributed by atoms with van der Waals surface area (Å²) in [5.41, 5.74) is 0. The first-order chi connectivity index (χ1) is 6.56. The Morgan fingerprint density at radius 1 is 1.50 bits per heavy atom. The third kappa shape index (κ3) is 2.08. The molecule has 0 aromatic rings. The van der Waals surface area contributed by atoms with E-state index in [4.69, 9.17) is 5.11 Å². The second-order valence-electron chi connectivity index (χ2n) is 2.96. The fraction of sp³-hybridized carbons (Fsp3) is 0.625. The number of nitrogens with zero attached hydrogens (tertiary/aromatic N) is 1. The SMILES string of the molecule is COC(CN1C(=O)CCC1=O)C(=O)O. The van der Waals surface area contributed by atoms with Crippen LogP contribution in [0.2, 0.25) is 0 Å². The molecule has 1 fully saturated rings. The number of carboxylic acid groups (broad SMARTS) is 1. The maximum Gasteiger partial charge on any atom is 0.334 e. The number of ether oxygens (including phenoxy) is 1. The van der Waals surface area contributed by atoms with E-state index in [1.807, 2.05) is 0 Å². The predicted molar refractivity (Wildman–Crippen MR) is 44.4 cm³/mol. The zero-order chi connectivity index (χ0) is 10.7. The Morgan fingerprint density at radius 3 is 2.36 bits per heavy atom. The van der Waals surface area contributed by atoms with Crippen LogP contribution in [0.1, 0.15) is 12.8 Å². The van der Waals surface area contributed by atoms with Gasteiger partial charge in [-0.25, -0.2) is 4.79 Å². The van der Waals surface area contributed by atoms with Crippen LogP contribution >= 0.6 is 0 Å². The molecule has 1 N–H and O–H groups in total. The molecule has 1 atom stereocenters. The van der Waals surface area contributed by atoms with Gasteiger partial charge in [-0.15, -0.1) is 0 Å². The normalized spacial score (nSPS) is 18.8. The molecule has 0 aromatic carbocycles. The lowest BCUT2D eigenvalue weighted by molar-refractivity contribution is -0.152. The van der Waals surface area contributed by atoms with Crippen LogP contribution in [0.25, 0.3) is 0 Å². The molecule has 0 aliphatic carbocycles. The van der Waals surface area contributed by atoms with Crippen molar-refractivity contribution in [2.75, 3.05) is 13.7 Å². The minimum Gasteiger partial charge on any atom is -0.479 e. The molecule has 0 aromatic heterocycles. The van der Waals surface area contributed by atoms with Gasteiger partial charge in [-0.05, 0) is 0 Å². The number of carbonyl (C=O) groups excluding carboxylic acids is 2. The van der Waals surface area contributed by atoms with Crippen LogP contribution in [0.15, 0.2) is 0 Å². The molecule has 1 rings (SSSR count). The van der Waals surface area contributed by atoms with E-state index in [-0.39, 0.29) is 31.2 Å². The van der Waals surface area contributed by atoms with Crippen LogP contribution in [0.5, 0.6) is 0 Å². The monoisotopic (exact) mass is 201 g/mol.